The van der Waals surface area contributed by atoms with E-state index in [4.69, 9.17) is 11.6 Å². The van der Waals surface area contributed by atoms with Gasteiger partial charge in [0, 0.05) is 33.2 Å². The van der Waals surface area contributed by atoms with Crippen LogP contribution in [0.3, 0.4) is 0 Å². The van der Waals surface area contributed by atoms with Crippen molar-refractivity contribution in [3.8, 4) is 0 Å². The zero-order valence-corrected chi connectivity index (χ0v) is 9.14. The Morgan fingerprint density at radius 3 is 2.54 bits per heavy atom. The van der Waals surface area contributed by atoms with E-state index < -0.39 is 9.71 Å². The molecule has 1 nitrogen and oxygen atoms in total. The van der Waals surface area contributed by atoms with Gasteiger partial charge < -0.3 is 0 Å². The standard InChI is InChI=1S/C8H4ClF2IO/c9-6-3-1-2-5(4-6)7(13)8(10,11)12/h1-4H. The van der Waals surface area contributed by atoms with Crippen LogP contribution in [0.1, 0.15) is 10.4 Å². The first-order valence-corrected chi connectivity index (χ1v) is 4.74. The zero-order valence-electron chi connectivity index (χ0n) is 6.23. The first-order valence-electron chi connectivity index (χ1n) is 3.28. The van der Waals surface area contributed by atoms with Gasteiger partial charge in [-0.05, 0) is 12.1 Å². The molecule has 5 heteroatoms. The summed E-state index contributed by atoms with van der Waals surface area (Å²) in [6.45, 7) is 0. The Hall–Kier alpha value is -0.230. The van der Waals surface area contributed by atoms with Crippen molar-refractivity contribution >= 4 is 40.0 Å². The van der Waals surface area contributed by atoms with Crippen LogP contribution in [0.25, 0.3) is 0 Å². The van der Waals surface area contributed by atoms with Gasteiger partial charge in [-0.15, -0.1) is 0 Å². The Morgan fingerprint density at radius 2 is 2.08 bits per heavy atom. The van der Waals surface area contributed by atoms with Gasteiger partial charge in [0.05, 0.1) is 0 Å². The van der Waals surface area contributed by atoms with Crippen molar-refractivity contribution in [3.05, 3.63) is 34.9 Å². The zero-order chi connectivity index (χ0) is 10.1. The molecule has 0 spiro atoms. The third-order valence-corrected chi connectivity index (χ3v) is 2.07. The van der Waals surface area contributed by atoms with Gasteiger partial charge in [-0.3, -0.25) is 4.79 Å². The van der Waals surface area contributed by atoms with Crippen molar-refractivity contribution in [2.75, 3.05) is 0 Å². The van der Waals surface area contributed by atoms with Gasteiger partial charge in [-0.25, -0.2) is 0 Å². The van der Waals surface area contributed by atoms with Crippen LogP contribution in [-0.2, 0) is 0 Å². The van der Waals surface area contributed by atoms with Gasteiger partial charge in [0.15, 0.2) is 0 Å². The molecule has 0 aliphatic carbocycles. The van der Waals surface area contributed by atoms with E-state index in [1.54, 1.807) is 0 Å². The van der Waals surface area contributed by atoms with E-state index in [9.17, 15) is 13.6 Å². The average molecular weight is 316 g/mol. The topological polar surface area (TPSA) is 17.1 Å². The van der Waals surface area contributed by atoms with Crippen molar-refractivity contribution in [3.63, 3.8) is 0 Å². The predicted octanol–water partition coefficient (Wildman–Crippen LogP) is 3.55. The van der Waals surface area contributed by atoms with Crippen LogP contribution in [0.5, 0.6) is 0 Å². The summed E-state index contributed by atoms with van der Waals surface area (Å²) in [6, 6.07) is 5.50. The Labute approximate surface area is 92.2 Å². The van der Waals surface area contributed by atoms with Gasteiger partial charge in [-0.2, -0.15) is 8.78 Å². The monoisotopic (exact) mass is 316 g/mol. The minimum absolute atomic E-state index is 0.0769. The van der Waals surface area contributed by atoms with Gasteiger partial charge in [-0.1, -0.05) is 23.7 Å². The number of carbonyl (C=O) groups is 1. The fraction of sp³-hybridized carbons (Fsp3) is 0.125. The van der Waals surface area contributed by atoms with Crippen molar-refractivity contribution in [1.29, 1.82) is 0 Å². The molecule has 0 fully saturated rings. The molecule has 0 amide bonds. The molecule has 0 unspecified atom stereocenters. The van der Waals surface area contributed by atoms with E-state index in [1.165, 1.54) is 24.3 Å². The fourth-order valence-electron chi connectivity index (χ4n) is 0.793. The van der Waals surface area contributed by atoms with E-state index in [0.29, 0.717) is 0 Å². The number of halogens is 4. The molecule has 1 aromatic carbocycles. The number of alkyl halides is 3. The minimum atomic E-state index is -3.37. The highest BCUT2D eigenvalue weighted by Gasteiger charge is 2.35. The van der Waals surface area contributed by atoms with Crippen LogP contribution in [0, 0.1) is 0 Å². The lowest BCUT2D eigenvalue weighted by Gasteiger charge is -2.06. The van der Waals surface area contributed by atoms with Crippen LogP contribution in [-0.4, -0.2) is 9.71 Å². The second kappa shape index (κ2) is 3.88. The minimum Gasteiger partial charge on any atom is -0.286 e. The lowest BCUT2D eigenvalue weighted by Crippen LogP contribution is -2.20. The number of hydrogen-bond donors (Lipinski definition) is 0. The van der Waals surface area contributed by atoms with Crippen LogP contribution in [0.4, 0.5) is 8.78 Å². The summed E-state index contributed by atoms with van der Waals surface area (Å²) >= 11 is 6.33. The van der Waals surface area contributed by atoms with E-state index in [2.05, 4.69) is 0 Å². The van der Waals surface area contributed by atoms with E-state index >= 15 is 0 Å². The highest BCUT2D eigenvalue weighted by atomic mass is 127. The number of rotatable bonds is 2. The number of benzene rings is 1. The van der Waals surface area contributed by atoms with Crippen LogP contribution >= 0.6 is 34.2 Å². The SMILES string of the molecule is O=C(c1cccc(Cl)c1)C(F)(F)I. The van der Waals surface area contributed by atoms with Gasteiger partial charge >= 0.3 is 3.93 Å². The molecule has 70 valence electrons. The molecule has 0 aliphatic rings. The lowest BCUT2D eigenvalue weighted by molar-refractivity contribution is 0.0627. The Kier molecular flexibility index (Phi) is 3.23. The second-order valence-corrected chi connectivity index (χ2v) is 4.13. The molecule has 0 aliphatic heterocycles. The molecule has 1 rings (SSSR count). The van der Waals surface area contributed by atoms with E-state index in [1.807, 2.05) is 0 Å². The molecular weight excluding hydrogens is 312 g/mol. The third-order valence-electron chi connectivity index (χ3n) is 1.34. The highest BCUT2D eigenvalue weighted by Crippen LogP contribution is 2.28. The van der Waals surface area contributed by atoms with Crippen molar-refractivity contribution in [1.82, 2.24) is 0 Å². The Morgan fingerprint density at radius 1 is 1.46 bits per heavy atom. The maximum absolute atomic E-state index is 12.5. The van der Waals surface area contributed by atoms with Crippen LogP contribution < -0.4 is 0 Å². The first-order chi connectivity index (χ1) is 5.91. The van der Waals surface area contributed by atoms with Crippen LogP contribution in [0.15, 0.2) is 24.3 Å². The molecule has 0 atom stereocenters. The van der Waals surface area contributed by atoms with Crippen LogP contribution in [0.2, 0.25) is 5.02 Å². The molecule has 0 saturated heterocycles. The molecule has 0 saturated carbocycles. The lowest BCUT2D eigenvalue weighted by atomic mass is 10.1. The number of ketones is 1. The maximum atomic E-state index is 12.5. The second-order valence-electron chi connectivity index (χ2n) is 2.34. The molecule has 0 aromatic heterocycles. The number of Topliss-reactive ketones (excluding diaryl/α,β-unsaturated/α-hetero) is 1. The van der Waals surface area contributed by atoms with E-state index in [-0.39, 0.29) is 10.6 Å². The Balaban J connectivity index is 3.03. The third kappa shape index (κ3) is 2.87. The molecule has 0 heterocycles. The molecule has 0 bridgehead atoms. The predicted molar refractivity (Wildman–Crippen MR) is 54.7 cm³/mol. The number of carbonyl (C=O) groups excluding carboxylic acids is 1. The molecule has 13 heavy (non-hydrogen) atoms. The summed E-state index contributed by atoms with van der Waals surface area (Å²) in [5.74, 6) is -1.23. The van der Waals surface area contributed by atoms with Crippen molar-refractivity contribution in [2.45, 2.75) is 3.93 Å². The van der Waals surface area contributed by atoms with Crippen molar-refractivity contribution < 1.29 is 13.6 Å². The largest absolute Gasteiger partial charge is 0.357 e. The summed E-state index contributed by atoms with van der Waals surface area (Å²) in [4.78, 5) is 11.0. The Bertz CT molecular complexity index is 335. The summed E-state index contributed by atoms with van der Waals surface area (Å²) in [5, 5.41) is 0.270. The summed E-state index contributed by atoms with van der Waals surface area (Å²) in [6.07, 6.45) is 0. The average Bonchev–Trinajstić information content (AvgIpc) is 2.01. The van der Waals surface area contributed by atoms with Gasteiger partial charge in [0.25, 0.3) is 0 Å². The van der Waals surface area contributed by atoms with E-state index in [0.717, 1.165) is 22.6 Å². The molecular formula is C8H4ClF2IO. The quantitative estimate of drug-likeness (QED) is 0.463. The smallest absolute Gasteiger partial charge is 0.286 e. The van der Waals surface area contributed by atoms with Gasteiger partial charge in [0.2, 0.25) is 5.78 Å². The normalized spacial score (nSPS) is 11.4. The highest BCUT2D eigenvalue weighted by molar-refractivity contribution is 14.1. The number of hydrogen-bond acceptors (Lipinski definition) is 1. The molecule has 0 radical (unpaired) electrons. The van der Waals surface area contributed by atoms with Crippen molar-refractivity contribution in [2.24, 2.45) is 0 Å². The van der Waals surface area contributed by atoms with Gasteiger partial charge in [0.1, 0.15) is 0 Å². The summed E-state index contributed by atoms with van der Waals surface area (Å²) < 4.78 is 21.7. The first kappa shape index (κ1) is 10.8. The molecule has 0 N–H and O–H groups in total. The summed E-state index contributed by atoms with van der Waals surface area (Å²) in [5.41, 5.74) is -0.0769. The molecule has 1 aromatic rings. The maximum Gasteiger partial charge on any atom is 0.357 e. The summed E-state index contributed by atoms with van der Waals surface area (Å²) in [7, 11) is 0. The fourth-order valence-corrected chi connectivity index (χ4v) is 1.30.